The van der Waals surface area contributed by atoms with Gasteiger partial charge in [0.25, 0.3) is 0 Å². The highest BCUT2D eigenvalue weighted by Gasteiger charge is 2.17. The number of benzene rings is 1. The lowest BCUT2D eigenvalue weighted by Gasteiger charge is -2.26. The van der Waals surface area contributed by atoms with Gasteiger partial charge in [0, 0.05) is 11.2 Å². The SMILES string of the molecule is CC(C)(C)Cc1cc(CC(C)(C)C)cc(NC(C)(C)C)c1. The maximum Gasteiger partial charge on any atom is 0.0349 e. The van der Waals surface area contributed by atoms with Crippen molar-refractivity contribution < 1.29 is 0 Å². The molecule has 0 saturated heterocycles. The molecule has 0 aromatic heterocycles. The third-order valence-electron chi connectivity index (χ3n) is 3.04. The molecule has 0 aliphatic heterocycles. The maximum atomic E-state index is 3.63. The van der Waals surface area contributed by atoms with Crippen molar-refractivity contribution >= 4 is 5.69 Å². The van der Waals surface area contributed by atoms with E-state index in [2.05, 4.69) is 85.8 Å². The summed E-state index contributed by atoms with van der Waals surface area (Å²) in [6, 6.07) is 7.04. The van der Waals surface area contributed by atoms with Crippen molar-refractivity contribution in [1.82, 2.24) is 0 Å². The fraction of sp³-hybridized carbons (Fsp3) is 0.700. The molecule has 120 valence electrons. The molecule has 0 radical (unpaired) electrons. The molecule has 0 atom stereocenters. The Morgan fingerprint density at radius 2 is 1.05 bits per heavy atom. The molecule has 0 aliphatic rings. The van der Waals surface area contributed by atoms with Crippen LogP contribution in [0.15, 0.2) is 18.2 Å². The summed E-state index contributed by atoms with van der Waals surface area (Å²) < 4.78 is 0. The van der Waals surface area contributed by atoms with Gasteiger partial charge in [-0.15, -0.1) is 0 Å². The van der Waals surface area contributed by atoms with E-state index in [0.717, 1.165) is 12.8 Å². The first-order valence-electron chi connectivity index (χ1n) is 8.15. The third-order valence-corrected chi connectivity index (χ3v) is 3.04. The van der Waals surface area contributed by atoms with Crippen molar-refractivity contribution in [3.63, 3.8) is 0 Å². The monoisotopic (exact) mass is 289 g/mol. The summed E-state index contributed by atoms with van der Waals surface area (Å²) in [5.41, 5.74) is 4.87. The van der Waals surface area contributed by atoms with Crippen LogP contribution in [0.1, 0.15) is 73.4 Å². The lowest BCUT2D eigenvalue weighted by molar-refractivity contribution is 0.405. The zero-order valence-corrected chi connectivity index (χ0v) is 15.6. The van der Waals surface area contributed by atoms with Crippen LogP contribution in [0.3, 0.4) is 0 Å². The van der Waals surface area contributed by atoms with Crippen LogP contribution in [0.2, 0.25) is 0 Å². The van der Waals surface area contributed by atoms with Crippen LogP contribution in [0, 0.1) is 10.8 Å². The van der Waals surface area contributed by atoms with Crippen LogP contribution in [0.5, 0.6) is 0 Å². The van der Waals surface area contributed by atoms with Crippen molar-refractivity contribution in [2.24, 2.45) is 10.8 Å². The summed E-state index contributed by atoms with van der Waals surface area (Å²) in [5, 5.41) is 3.63. The molecule has 0 spiro atoms. The zero-order chi connectivity index (χ0) is 16.5. The molecule has 0 bridgehead atoms. The molecule has 21 heavy (non-hydrogen) atoms. The highest BCUT2D eigenvalue weighted by atomic mass is 14.9. The van der Waals surface area contributed by atoms with Crippen LogP contribution < -0.4 is 5.32 Å². The Morgan fingerprint density at radius 1 is 0.667 bits per heavy atom. The van der Waals surface area contributed by atoms with Gasteiger partial charge < -0.3 is 5.32 Å². The number of anilines is 1. The van der Waals surface area contributed by atoms with Gasteiger partial charge in [0.1, 0.15) is 0 Å². The Bertz CT molecular complexity index is 380. The molecule has 1 heteroatoms. The van der Waals surface area contributed by atoms with E-state index in [1.807, 2.05) is 0 Å². The predicted molar refractivity (Wildman–Crippen MR) is 96.1 cm³/mol. The molecule has 0 heterocycles. The van der Waals surface area contributed by atoms with E-state index >= 15 is 0 Å². The van der Waals surface area contributed by atoms with Crippen LogP contribution in [0.25, 0.3) is 0 Å². The van der Waals surface area contributed by atoms with Crippen LogP contribution in [-0.4, -0.2) is 5.54 Å². The van der Waals surface area contributed by atoms with Crippen LogP contribution in [-0.2, 0) is 12.8 Å². The molecular weight excluding hydrogens is 254 g/mol. The standard InChI is InChI=1S/C20H35N/c1-18(2,3)13-15-10-16(14-19(4,5)6)12-17(11-15)21-20(7,8)9/h10-12,21H,13-14H2,1-9H3. The zero-order valence-electron chi connectivity index (χ0n) is 15.6. The third kappa shape index (κ3) is 8.14. The van der Waals surface area contributed by atoms with Gasteiger partial charge in [-0.2, -0.15) is 0 Å². The minimum absolute atomic E-state index is 0.0966. The van der Waals surface area contributed by atoms with E-state index in [9.17, 15) is 0 Å². The second kappa shape index (κ2) is 6.02. The highest BCUT2D eigenvalue weighted by molar-refractivity contribution is 5.50. The van der Waals surface area contributed by atoms with Crippen molar-refractivity contribution in [3.8, 4) is 0 Å². The number of rotatable bonds is 3. The molecule has 1 nitrogen and oxygen atoms in total. The second-order valence-electron chi connectivity index (χ2n) is 9.89. The summed E-state index contributed by atoms with van der Waals surface area (Å²) >= 11 is 0. The van der Waals surface area contributed by atoms with Crippen molar-refractivity contribution in [1.29, 1.82) is 0 Å². The van der Waals surface area contributed by atoms with Gasteiger partial charge in [-0.3, -0.25) is 0 Å². The minimum Gasteiger partial charge on any atom is -0.380 e. The second-order valence-corrected chi connectivity index (χ2v) is 9.89. The van der Waals surface area contributed by atoms with E-state index in [1.165, 1.54) is 16.8 Å². The topological polar surface area (TPSA) is 12.0 Å². The Kier molecular flexibility index (Phi) is 5.18. The van der Waals surface area contributed by atoms with Gasteiger partial charge >= 0.3 is 0 Å². The average molecular weight is 290 g/mol. The average Bonchev–Trinajstić information content (AvgIpc) is 2.06. The molecule has 1 N–H and O–H groups in total. The van der Waals surface area contributed by atoms with Gasteiger partial charge in [0.15, 0.2) is 0 Å². The Morgan fingerprint density at radius 3 is 1.33 bits per heavy atom. The Labute approximate surface area is 132 Å². The molecule has 1 aromatic rings. The first kappa shape index (κ1) is 18.1. The van der Waals surface area contributed by atoms with E-state index in [0.29, 0.717) is 10.8 Å². The van der Waals surface area contributed by atoms with E-state index < -0.39 is 0 Å². The van der Waals surface area contributed by atoms with Gasteiger partial charge in [-0.1, -0.05) is 47.6 Å². The fourth-order valence-electron chi connectivity index (χ4n) is 2.70. The summed E-state index contributed by atoms with van der Waals surface area (Å²) in [6.45, 7) is 20.5. The summed E-state index contributed by atoms with van der Waals surface area (Å²) in [5.74, 6) is 0. The molecule has 0 unspecified atom stereocenters. The van der Waals surface area contributed by atoms with Gasteiger partial charge in [-0.05, 0) is 67.7 Å². The summed E-state index contributed by atoms with van der Waals surface area (Å²) in [4.78, 5) is 0. The summed E-state index contributed by atoms with van der Waals surface area (Å²) in [7, 11) is 0. The van der Waals surface area contributed by atoms with Crippen LogP contribution in [0.4, 0.5) is 5.69 Å². The Hall–Kier alpha value is -0.980. The van der Waals surface area contributed by atoms with Gasteiger partial charge in [-0.25, -0.2) is 0 Å². The number of hydrogen-bond donors (Lipinski definition) is 1. The molecule has 0 fully saturated rings. The van der Waals surface area contributed by atoms with Gasteiger partial charge in [0.05, 0.1) is 0 Å². The Balaban J connectivity index is 3.13. The lowest BCUT2D eigenvalue weighted by Crippen LogP contribution is -2.26. The van der Waals surface area contributed by atoms with Gasteiger partial charge in [0.2, 0.25) is 0 Å². The molecule has 0 amide bonds. The number of nitrogens with one attached hydrogen (secondary N) is 1. The molecule has 1 rings (SSSR count). The van der Waals surface area contributed by atoms with E-state index in [-0.39, 0.29) is 5.54 Å². The van der Waals surface area contributed by atoms with E-state index in [1.54, 1.807) is 0 Å². The van der Waals surface area contributed by atoms with Crippen molar-refractivity contribution in [2.75, 3.05) is 5.32 Å². The number of hydrogen-bond acceptors (Lipinski definition) is 1. The smallest absolute Gasteiger partial charge is 0.0349 e. The van der Waals surface area contributed by atoms with Crippen molar-refractivity contribution in [3.05, 3.63) is 29.3 Å². The first-order valence-corrected chi connectivity index (χ1v) is 8.15. The molecule has 0 saturated carbocycles. The van der Waals surface area contributed by atoms with E-state index in [4.69, 9.17) is 0 Å². The predicted octanol–water partition coefficient (Wildman–Crippen LogP) is 6.07. The summed E-state index contributed by atoms with van der Waals surface area (Å²) in [6.07, 6.45) is 2.23. The minimum atomic E-state index is 0.0966. The molecule has 1 aromatic carbocycles. The van der Waals surface area contributed by atoms with Crippen molar-refractivity contribution in [2.45, 2.75) is 80.7 Å². The maximum absolute atomic E-state index is 3.63. The highest BCUT2D eigenvalue weighted by Crippen LogP contribution is 2.28. The normalized spacial score (nSPS) is 13.4. The quantitative estimate of drug-likeness (QED) is 0.711. The largest absolute Gasteiger partial charge is 0.380 e. The molecule has 0 aliphatic carbocycles. The fourth-order valence-corrected chi connectivity index (χ4v) is 2.70. The molecular formula is C20H35N. The lowest BCUT2D eigenvalue weighted by atomic mass is 9.84. The first-order chi connectivity index (χ1) is 9.23. The van der Waals surface area contributed by atoms with Crippen LogP contribution >= 0.6 is 0 Å².